The van der Waals surface area contributed by atoms with Gasteiger partial charge >= 0.3 is 0 Å². The second kappa shape index (κ2) is 5.93. The predicted octanol–water partition coefficient (Wildman–Crippen LogP) is 2.60. The fourth-order valence-electron chi connectivity index (χ4n) is 1.72. The maximum absolute atomic E-state index is 4.31. The lowest BCUT2D eigenvalue weighted by Gasteiger charge is -2.12. The summed E-state index contributed by atoms with van der Waals surface area (Å²) < 4.78 is 2.06. The van der Waals surface area contributed by atoms with Gasteiger partial charge in [-0.25, -0.2) is 4.98 Å². The number of hydrogen-bond donors (Lipinski definition) is 1. The van der Waals surface area contributed by atoms with Crippen molar-refractivity contribution in [1.82, 2.24) is 20.1 Å². The standard InChI is InChI=1S/C12H18N4S/c1-3-7-16-11(4-5-15-16)9-14-10(2)12-13-6-8-17-12/h4-6,8,10,14H,3,7,9H2,1-2H3. The predicted molar refractivity (Wildman–Crippen MR) is 69.9 cm³/mol. The molecule has 0 saturated heterocycles. The fraction of sp³-hybridized carbons (Fsp3) is 0.500. The van der Waals surface area contributed by atoms with E-state index in [1.165, 1.54) is 5.69 Å². The number of nitrogens with one attached hydrogen (secondary N) is 1. The van der Waals surface area contributed by atoms with Crippen molar-refractivity contribution in [2.24, 2.45) is 0 Å². The molecule has 2 aromatic heterocycles. The van der Waals surface area contributed by atoms with Crippen molar-refractivity contribution < 1.29 is 0 Å². The van der Waals surface area contributed by atoms with Gasteiger partial charge in [0.1, 0.15) is 5.01 Å². The summed E-state index contributed by atoms with van der Waals surface area (Å²) in [5.41, 5.74) is 1.23. The molecule has 92 valence electrons. The van der Waals surface area contributed by atoms with Crippen LogP contribution in [0.5, 0.6) is 0 Å². The van der Waals surface area contributed by atoms with Crippen LogP contribution in [-0.4, -0.2) is 14.8 Å². The second-order valence-corrected chi connectivity index (χ2v) is 4.94. The first-order valence-electron chi connectivity index (χ1n) is 5.94. The third-order valence-corrected chi connectivity index (χ3v) is 3.61. The molecule has 17 heavy (non-hydrogen) atoms. The first-order valence-corrected chi connectivity index (χ1v) is 6.82. The van der Waals surface area contributed by atoms with Crippen molar-refractivity contribution in [2.45, 2.75) is 39.4 Å². The molecule has 1 atom stereocenters. The van der Waals surface area contributed by atoms with E-state index in [1.54, 1.807) is 11.3 Å². The van der Waals surface area contributed by atoms with Crippen molar-refractivity contribution in [3.63, 3.8) is 0 Å². The lowest BCUT2D eigenvalue weighted by atomic mass is 10.3. The number of aromatic nitrogens is 3. The van der Waals surface area contributed by atoms with Crippen LogP contribution < -0.4 is 5.32 Å². The van der Waals surface area contributed by atoms with Crippen LogP contribution in [0.1, 0.15) is 37.0 Å². The Labute approximate surface area is 106 Å². The molecule has 0 fully saturated rings. The van der Waals surface area contributed by atoms with Gasteiger partial charge in [0.25, 0.3) is 0 Å². The monoisotopic (exact) mass is 250 g/mol. The topological polar surface area (TPSA) is 42.7 Å². The van der Waals surface area contributed by atoms with Gasteiger partial charge in [0.15, 0.2) is 0 Å². The molecule has 0 aliphatic carbocycles. The molecule has 0 radical (unpaired) electrons. The van der Waals surface area contributed by atoms with Gasteiger partial charge in [0.2, 0.25) is 0 Å². The van der Waals surface area contributed by atoms with Crippen molar-refractivity contribution in [1.29, 1.82) is 0 Å². The summed E-state index contributed by atoms with van der Waals surface area (Å²) in [7, 11) is 0. The molecule has 0 aromatic carbocycles. The number of hydrogen-bond acceptors (Lipinski definition) is 4. The van der Waals surface area contributed by atoms with Crippen LogP contribution in [0.15, 0.2) is 23.8 Å². The van der Waals surface area contributed by atoms with Crippen LogP contribution in [0.25, 0.3) is 0 Å². The van der Waals surface area contributed by atoms with E-state index in [4.69, 9.17) is 0 Å². The Hall–Kier alpha value is -1.20. The van der Waals surface area contributed by atoms with Gasteiger partial charge in [-0.15, -0.1) is 11.3 Å². The summed E-state index contributed by atoms with van der Waals surface area (Å²) in [6.07, 6.45) is 4.82. The zero-order valence-corrected chi connectivity index (χ0v) is 11.1. The lowest BCUT2D eigenvalue weighted by molar-refractivity contribution is 0.516. The molecule has 5 heteroatoms. The third-order valence-electron chi connectivity index (χ3n) is 2.65. The number of aryl methyl sites for hydroxylation is 1. The Balaban J connectivity index is 1.91. The molecule has 4 nitrogen and oxygen atoms in total. The highest BCUT2D eigenvalue weighted by Crippen LogP contribution is 2.15. The van der Waals surface area contributed by atoms with E-state index in [0.717, 1.165) is 24.5 Å². The van der Waals surface area contributed by atoms with E-state index in [1.807, 2.05) is 17.8 Å². The third kappa shape index (κ3) is 3.14. The first kappa shape index (κ1) is 12.3. The van der Waals surface area contributed by atoms with Crippen LogP contribution in [0.4, 0.5) is 0 Å². The average Bonchev–Trinajstić information content (AvgIpc) is 2.97. The molecule has 0 bridgehead atoms. The summed E-state index contributed by atoms with van der Waals surface area (Å²) in [4.78, 5) is 4.31. The normalized spacial score (nSPS) is 12.8. The molecule has 1 N–H and O–H groups in total. The van der Waals surface area contributed by atoms with E-state index in [0.29, 0.717) is 6.04 Å². The number of rotatable bonds is 6. The SMILES string of the molecule is CCCn1nccc1CNC(C)c1nccs1. The minimum atomic E-state index is 0.292. The lowest BCUT2D eigenvalue weighted by Crippen LogP contribution is -2.20. The van der Waals surface area contributed by atoms with Crippen LogP contribution in [-0.2, 0) is 13.1 Å². The van der Waals surface area contributed by atoms with E-state index in [2.05, 4.69) is 40.0 Å². The van der Waals surface area contributed by atoms with E-state index < -0.39 is 0 Å². The molecule has 2 aromatic rings. The number of thiazole rings is 1. The summed E-state index contributed by atoms with van der Waals surface area (Å²) in [5.74, 6) is 0. The maximum atomic E-state index is 4.31. The summed E-state index contributed by atoms with van der Waals surface area (Å²) >= 11 is 1.69. The quantitative estimate of drug-likeness (QED) is 0.857. The van der Waals surface area contributed by atoms with Crippen LogP contribution in [0.3, 0.4) is 0 Å². The molecule has 1 unspecified atom stereocenters. The Morgan fingerprint density at radius 2 is 2.35 bits per heavy atom. The van der Waals surface area contributed by atoms with Gasteiger partial charge in [-0.3, -0.25) is 4.68 Å². The smallest absolute Gasteiger partial charge is 0.109 e. The highest BCUT2D eigenvalue weighted by Gasteiger charge is 2.08. The summed E-state index contributed by atoms with van der Waals surface area (Å²) in [5, 5.41) is 10.9. The Bertz CT molecular complexity index is 435. The van der Waals surface area contributed by atoms with Crippen molar-refractivity contribution in [2.75, 3.05) is 0 Å². The highest BCUT2D eigenvalue weighted by molar-refractivity contribution is 7.09. The Morgan fingerprint density at radius 1 is 1.47 bits per heavy atom. The molecular weight excluding hydrogens is 232 g/mol. The van der Waals surface area contributed by atoms with Gasteiger partial charge < -0.3 is 5.32 Å². The zero-order chi connectivity index (χ0) is 12.1. The first-order chi connectivity index (χ1) is 8.31. The molecule has 0 saturated carbocycles. The van der Waals surface area contributed by atoms with Crippen LogP contribution in [0.2, 0.25) is 0 Å². The minimum absolute atomic E-state index is 0.292. The molecule has 0 amide bonds. The van der Waals surface area contributed by atoms with Gasteiger partial charge in [0, 0.05) is 30.9 Å². The van der Waals surface area contributed by atoms with Gasteiger partial charge in [-0.05, 0) is 19.4 Å². The van der Waals surface area contributed by atoms with Crippen molar-refractivity contribution in [3.8, 4) is 0 Å². The zero-order valence-electron chi connectivity index (χ0n) is 10.3. The molecular formula is C12H18N4S. The van der Waals surface area contributed by atoms with Gasteiger partial charge in [-0.1, -0.05) is 6.92 Å². The van der Waals surface area contributed by atoms with E-state index >= 15 is 0 Å². The molecule has 2 rings (SSSR count). The van der Waals surface area contributed by atoms with Crippen molar-refractivity contribution in [3.05, 3.63) is 34.5 Å². The molecule has 2 heterocycles. The van der Waals surface area contributed by atoms with Gasteiger partial charge in [0.05, 0.1) is 11.7 Å². The van der Waals surface area contributed by atoms with Crippen molar-refractivity contribution >= 4 is 11.3 Å². The minimum Gasteiger partial charge on any atom is -0.302 e. The van der Waals surface area contributed by atoms with E-state index in [9.17, 15) is 0 Å². The Kier molecular flexibility index (Phi) is 4.28. The fourth-order valence-corrected chi connectivity index (χ4v) is 2.39. The summed E-state index contributed by atoms with van der Waals surface area (Å²) in [6.45, 7) is 6.12. The number of nitrogens with zero attached hydrogens (tertiary/aromatic N) is 3. The Morgan fingerprint density at radius 3 is 3.06 bits per heavy atom. The van der Waals surface area contributed by atoms with E-state index in [-0.39, 0.29) is 0 Å². The molecule has 0 spiro atoms. The maximum Gasteiger partial charge on any atom is 0.109 e. The van der Waals surface area contributed by atoms with Crippen LogP contribution >= 0.6 is 11.3 Å². The summed E-state index contributed by atoms with van der Waals surface area (Å²) in [6, 6.07) is 2.36. The molecule has 0 aliphatic heterocycles. The van der Waals surface area contributed by atoms with Crippen LogP contribution in [0, 0.1) is 0 Å². The second-order valence-electron chi connectivity index (χ2n) is 4.02. The largest absolute Gasteiger partial charge is 0.302 e. The highest BCUT2D eigenvalue weighted by atomic mass is 32.1. The van der Waals surface area contributed by atoms with Gasteiger partial charge in [-0.2, -0.15) is 5.10 Å². The average molecular weight is 250 g/mol. The molecule has 0 aliphatic rings.